The van der Waals surface area contributed by atoms with Crippen molar-refractivity contribution in [2.45, 2.75) is 0 Å². The Kier molecular flexibility index (Phi) is 0.782. The zero-order valence-corrected chi connectivity index (χ0v) is 4.68. The van der Waals surface area contributed by atoms with Gasteiger partial charge in [0.05, 0.1) is 0 Å². The molecule has 44 valence electrons. The van der Waals surface area contributed by atoms with Crippen molar-refractivity contribution < 1.29 is 9.47 Å². The van der Waals surface area contributed by atoms with Crippen LogP contribution in [0, 0.1) is 0 Å². The predicted molar refractivity (Wildman–Crippen MR) is 30.2 cm³/mol. The Balaban J connectivity index is 2.48. The molecular weight excluding hydrogens is 116 g/mol. The summed E-state index contributed by atoms with van der Waals surface area (Å²) in [5.74, 6) is 1.52. The van der Waals surface area contributed by atoms with E-state index in [-0.39, 0.29) is 0 Å². The monoisotopic (exact) mass is 120 g/mol. The van der Waals surface area contributed by atoms with Gasteiger partial charge in [-0.05, 0) is 0 Å². The van der Waals surface area contributed by atoms with Crippen LogP contribution >= 0.6 is 0 Å². The van der Waals surface area contributed by atoms with Crippen LogP contribution in [-0.4, -0.2) is 6.79 Å². The molecule has 2 heteroatoms. The summed E-state index contributed by atoms with van der Waals surface area (Å²) < 4.78 is 10.0. The third-order valence-corrected chi connectivity index (χ3v) is 1.16. The number of hydrogen-bond donors (Lipinski definition) is 0. The molecule has 0 bridgehead atoms. The number of rotatable bonds is 0. The smallest absolute Gasteiger partial charge is 0.231 e. The first-order valence-corrected chi connectivity index (χ1v) is 2.64. The predicted octanol–water partition coefficient (Wildman–Crippen LogP) is 1.08. The average Bonchev–Trinajstić information content (AvgIpc) is 2.33. The standard InChI is InChI=1S/C7H4O2/c1-2-4-7-6(3-1)8-5-9-7/h3-4H,5H2. The Hall–Kier alpha value is -1.36. The molecule has 0 atom stereocenters. The second-order valence-electron chi connectivity index (χ2n) is 1.71. The van der Waals surface area contributed by atoms with Gasteiger partial charge in [-0.25, -0.2) is 0 Å². The van der Waals surface area contributed by atoms with Gasteiger partial charge in [0.1, 0.15) is 0 Å². The zero-order valence-electron chi connectivity index (χ0n) is 4.68. The largest absolute Gasteiger partial charge is 0.453 e. The van der Waals surface area contributed by atoms with E-state index in [2.05, 4.69) is 11.5 Å². The van der Waals surface area contributed by atoms with Gasteiger partial charge >= 0.3 is 0 Å². The molecule has 1 heterocycles. The van der Waals surface area contributed by atoms with E-state index in [1.807, 2.05) is 0 Å². The van der Waals surface area contributed by atoms with Crippen LogP contribution in [0.2, 0.25) is 0 Å². The first kappa shape index (κ1) is 4.51. The lowest BCUT2D eigenvalue weighted by Gasteiger charge is -1.90. The minimum absolute atomic E-state index is 0.320. The van der Waals surface area contributed by atoms with Crippen molar-refractivity contribution in [3.8, 4) is 0 Å². The fourth-order valence-electron chi connectivity index (χ4n) is 0.739. The molecule has 0 aromatic rings. The van der Waals surface area contributed by atoms with Crippen molar-refractivity contribution in [3.63, 3.8) is 0 Å². The minimum atomic E-state index is 0.320. The van der Waals surface area contributed by atoms with Gasteiger partial charge in [0.25, 0.3) is 0 Å². The van der Waals surface area contributed by atoms with Crippen molar-refractivity contribution >= 4 is 0 Å². The lowest BCUT2D eigenvalue weighted by atomic mass is 10.3. The van der Waals surface area contributed by atoms with Crippen LogP contribution in [-0.2, 0) is 9.47 Å². The van der Waals surface area contributed by atoms with Crippen LogP contribution in [0.25, 0.3) is 0 Å². The van der Waals surface area contributed by atoms with Gasteiger partial charge in [-0.2, -0.15) is 0 Å². The molecule has 0 fully saturated rings. The molecule has 0 unspecified atom stereocenters. The second-order valence-corrected chi connectivity index (χ2v) is 1.71. The molecule has 0 N–H and O–H groups in total. The summed E-state index contributed by atoms with van der Waals surface area (Å²) >= 11 is 0. The van der Waals surface area contributed by atoms with Crippen LogP contribution in [0.5, 0.6) is 0 Å². The molecular formula is C7H4O2. The lowest BCUT2D eigenvalue weighted by Crippen LogP contribution is -1.80. The van der Waals surface area contributed by atoms with Crippen molar-refractivity contribution in [1.29, 1.82) is 0 Å². The fraction of sp³-hybridized carbons (Fsp3) is 0.143. The number of hydrogen-bond acceptors (Lipinski definition) is 2. The van der Waals surface area contributed by atoms with Crippen LogP contribution in [0.4, 0.5) is 0 Å². The Morgan fingerprint density at radius 2 is 1.67 bits per heavy atom. The summed E-state index contributed by atoms with van der Waals surface area (Å²) in [6, 6.07) is 0. The maximum Gasteiger partial charge on any atom is 0.231 e. The van der Waals surface area contributed by atoms with E-state index in [0.29, 0.717) is 6.79 Å². The third-order valence-electron chi connectivity index (χ3n) is 1.16. The maximum absolute atomic E-state index is 5.02. The van der Waals surface area contributed by atoms with E-state index in [1.165, 1.54) is 0 Å². The lowest BCUT2D eigenvalue weighted by molar-refractivity contribution is 0.0780. The maximum atomic E-state index is 5.02. The quantitative estimate of drug-likeness (QED) is 0.445. The summed E-state index contributed by atoms with van der Waals surface area (Å²) in [6.45, 7) is 0.320. The molecule has 9 heavy (non-hydrogen) atoms. The van der Waals surface area contributed by atoms with Crippen molar-refractivity contribution in [2.24, 2.45) is 0 Å². The van der Waals surface area contributed by atoms with Crippen molar-refractivity contribution in [2.75, 3.05) is 6.79 Å². The van der Waals surface area contributed by atoms with Crippen molar-refractivity contribution in [1.82, 2.24) is 0 Å². The highest BCUT2D eigenvalue weighted by atomic mass is 16.7. The van der Waals surface area contributed by atoms with Gasteiger partial charge in [0.15, 0.2) is 11.5 Å². The van der Waals surface area contributed by atoms with E-state index in [0.717, 1.165) is 11.5 Å². The molecule has 1 aliphatic heterocycles. The fourth-order valence-corrected chi connectivity index (χ4v) is 0.739. The van der Waals surface area contributed by atoms with Gasteiger partial charge in [-0.15, -0.1) is 0 Å². The van der Waals surface area contributed by atoms with Gasteiger partial charge in [-0.3, -0.25) is 0 Å². The number of ether oxygens (including phenoxy) is 2. The molecule has 0 amide bonds. The third kappa shape index (κ3) is 0.584. The first-order valence-electron chi connectivity index (χ1n) is 2.64. The molecule has 2 aliphatic rings. The van der Waals surface area contributed by atoms with Gasteiger partial charge in [0, 0.05) is 12.2 Å². The van der Waals surface area contributed by atoms with E-state index in [9.17, 15) is 0 Å². The van der Waals surface area contributed by atoms with E-state index in [4.69, 9.17) is 9.47 Å². The molecule has 0 spiro atoms. The summed E-state index contributed by atoms with van der Waals surface area (Å²) in [7, 11) is 0. The minimum Gasteiger partial charge on any atom is -0.453 e. The SMILES string of the molecule is C1=C=CC2=C(C=1)OCO2. The van der Waals surface area contributed by atoms with Crippen molar-refractivity contribution in [3.05, 3.63) is 35.1 Å². The molecule has 0 saturated heterocycles. The highest BCUT2D eigenvalue weighted by molar-refractivity contribution is 5.29. The van der Waals surface area contributed by atoms with E-state index < -0.39 is 0 Å². The molecule has 0 saturated carbocycles. The Labute approximate surface area is 52.4 Å². The Morgan fingerprint density at radius 3 is 2.22 bits per heavy atom. The summed E-state index contributed by atoms with van der Waals surface area (Å²) in [5, 5.41) is 0. The molecule has 2 nitrogen and oxygen atoms in total. The van der Waals surface area contributed by atoms with Gasteiger partial charge in [-0.1, -0.05) is 11.5 Å². The van der Waals surface area contributed by atoms with Gasteiger partial charge < -0.3 is 9.47 Å². The molecule has 2 rings (SSSR count). The van der Waals surface area contributed by atoms with Crippen LogP contribution in [0.15, 0.2) is 35.1 Å². The zero-order chi connectivity index (χ0) is 6.10. The summed E-state index contributed by atoms with van der Waals surface area (Å²) in [5.41, 5.74) is 5.53. The highest BCUT2D eigenvalue weighted by Crippen LogP contribution is 2.18. The molecule has 0 radical (unpaired) electrons. The highest BCUT2D eigenvalue weighted by Gasteiger charge is 2.12. The van der Waals surface area contributed by atoms with E-state index >= 15 is 0 Å². The number of allylic oxidation sites excluding steroid dienone is 2. The Bertz CT molecular complexity index is 235. The normalized spacial score (nSPS) is 19.6. The summed E-state index contributed by atoms with van der Waals surface area (Å²) in [6.07, 6.45) is 3.42. The molecule has 1 aliphatic carbocycles. The second kappa shape index (κ2) is 1.56. The summed E-state index contributed by atoms with van der Waals surface area (Å²) in [4.78, 5) is 0. The van der Waals surface area contributed by atoms with Crippen LogP contribution < -0.4 is 0 Å². The average molecular weight is 120 g/mol. The molecule has 0 aromatic carbocycles. The first-order chi connectivity index (χ1) is 4.47. The van der Waals surface area contributed by atoms with Crippen LogP contribution in [0.3, 0.4) is 0 Å². The van der Waals surface area contributed by atoms with Crippen LogP contribution in [0.1, 0.15) is 0 Å². The van der Waals surface area contributed by atoms with E-state index in [1.54, 1.807) is 12.2 Å². The van der Waals surface area contributed by atoms with Gasteiger partial charge in [0.2, 0.25) is 6.79 Å². The Morgan fingerprint density at radius 1 is 1.11 bits per heavy atom. The topological polar surface area (TPSA) is 18.5 Å². The molecule has 0 aromatic heterocycles.